The lowest BCUT2D eigenvalue weighted by Crippen LogP contribution is -2.39. The van der Waals surface area contributed by atoms with Gasteiger partial charge in [0.2, 0.25) is 23.7 Å². The van der Waals surface area contributed by atoms with Crippen LogP contribution in [0.15, 0.2) is 71.4 Å². The van der Waals surface area contributed by atoms with E-state index < -0.39 is 23.6 Å². The molecule has 0 unspecified atom stereocenters. The number of hydrogen-bond acceptors (Lipinski definition) is 13. The van der Waals surface area contributed by atoms with E-state index in [9.17, 15) is 19.2 Å². The van der Waals surface area contributed by atoms with Gasteiger partial charge in [-0.2, -0.15) is 5.10 Å². The van der Waals surface area contributed by atoms with E-state index in [2.05, 4.69) is 32.7 Å². The lowest BCUT2D eigenvalue weighted by atomic mass is 9.93. The van der Waals surface area contributed by atoms with Crippen LogP contribution in [0.25, 0.3) is 22.1 Å². The number of guanidine groups is 1. The highest BCUT2D eigenvalue weighted by atomic mass is 16.5. The second-order valence-corrected chi connectivity index (χ2v) is 17.0. The van der Waals surface area contributed by atoms with Crippen LogP contribution in [0, 0.1) is 18.3 Å². The van der Waals surface area contributed by atoms with Crippen molar-refractivity contribution in [1.29, 1.82) is 5.41 Å². The molecule has 372 valence electrons. The van der Waals surface area contributed by atoms with Crippen LogP contribution in [0.2, 0.25) is 0 Å². The zero-order valence-electron chi connectivity index (χ0n) is 40.6. The summed E-state index contributed by atoms with van der Waals surface area (Å²) in [5.41, 5.74) is 26.7. The number of fused-ring (bicyclic) bond motifs is 2. The second-order valence-electron chi connectivity index (χ2n) is 17.0. The van der Waals surface area contributed by atoms with Gasteiger partial charge in [-0.05, 0) is 115 Å². The summed E-state index contributed by atoms with van der Waals surface area (Å²) in [6.07, 6.45) is 11.9. The molecular formula is C48H64N16O6. The number of nitrogens with two attached hydrogens (primary N) is 4. The first-order valence-corrected chi connectivity index (χ1v) is 23.1. The van der Waals surface area contributed by atoms with E-state index in [1.54, 1.807) is 46.7 Å². The van der Waals surface area contributed by atoms with Gasteiger partial charge >= 0.3 is 0 Å². The molecular weight excluding hydrogens is 897 g/mol. The Morgan fingerprint density at radius 1 is 0.871 bits per heavy atom. The number of allylic oxidation sites excluding steroid dienone is 3. The third-order valence-corrected chi connectivity index (χ3v) is 11.8. The second kappa shape index (κ2) is 23.3. The van der Waals surface area contributed by atoms with Crippen molar-refractivity contribution in [3.05, 3.63) is 88.9 Å². The van der Waals surface area contributed by atoms with E-state index in [-0.39, 0.29) is 60.1 Å². The number of primary amides is 2. The van der Waals surface area contributed by atoms with Crippen molar-refractivity contribution in [3.8, 4) is 11.5 Å². The molecule has 22 heteroatoms. The van der Waals surface area contributed by atoms with Crippen molar-refractivity contribution >= 4 is 69.3 Å². The summed E-state index contributed by atoms with van der Waals surface area (Å²) in [5, 5.41) is 18.4. The number of piperidine rings is 1. The number of aryl methyl sites for hydroxylation is 2. The number of aliphatic imine (C=N–C) groups is 1. The predicted molar refractivity (Wildman–Crippen MR) is 270 cm³/mol. The molecule has 1 fully saturated rings. The van der Waals surface area contributed by atoms with Gasteiger partial charge in [0.1, 0.15) is 40.5 Å². The average Bonchev–Trinajstić information content (AvgIpc) is 3.99. The van der Waals surface area contributed by atoms with Gasteiger partial charge in [0.25, 0.3) is 11.8 Å². The molecule has 1 aliphatic heterocycles. The molecule has 2 aromatic carbocycles. The van der Waals surface area contributed by atoms with Crippen LogP contribution in [-0.2, 0) is 24.4 Å². The Bertz CT molecular complexity index is 2870. The average molecular weight is 961 g/mol. The number of nitrogens with one attached hydrogen (secondary N) is 3. The number of amides is 4. The summed E-state index contributed by atoms with van der Waals surface area (Å²) < 4.78 is 17.1. The molecule has 0 atom stereocenters. The van der Waals surface area contributed by atoms with Gasteiger partial charge in [-0.25, -0.2) is 9.97 Å². The fourth-order valence-electron chi connectivity index (χ4n) is 8.19. The minimum absolute atomic E-state index is 0.0149. The van der Waals surface area contributed by atoms with Gasteiger partial charge in [0.05, 0.1) is 23.8 Å². The Labute approximate surface area is 405 Å². The number of likely N-dealkylation sites (tertiary alicyclic amines) is 1. The van der Waals surface area contributed by atoms with Crippen molar-refractivity contribution < 1.29 is 28.7 Å². The molecule has 1 aliphatic rings. The molecule has 6 rings (SSSR count). The first-order valence-electron chi connectivity index (χ1n) is 23.1. The van der Waals surface area contributed by atoms with Crippen molar-refractivity contribution in [2.75, 3.05) is 64.1 Å². The van der Waals surface area contributed by atoms with Crippen LogP contribution < -0.4 is 43.0 Å². The quantitative estimate of drug-likeness (QED) is 0.0296. The normalized spacial score (nSPS) is 14.0. The zero-order valence-corrected chi connectivity index (χ0v) is 40.6. The monoisotopic (exact) mass is 961 g/mol. The lowest BCUT2D eigenvalue weighted by Gasteiger charge is -2.30. The van der Waals surface area contributed by atoms with Gasteiger partial charge < -0.3 is 51.3 Å². The van der Waals surface area contributed by atoms with E-state index in [1.165, 1.54) is 37.5 Å². The van der Waals surface area contributed by atoms with Gasteiger partial charge in [0.15, 0.2) is 5.96 Å². The fraction of sp³-hybridized carbons (Fsp3) is 0.396. The number of carbonyl (C=O) groups excluding carboxylic acids is 4. The van der Waals surface area contributed by atoms with E-state index in [0.717, 1.165) is 32.4 Å². The van der Waals surface area contributed by atoms with Crippen LogP contribution >= 0.6 is 0 Å². The number of anilines is 2. The Morgan fingerprint density at radius 3 is 2.03 bits per heavy atom. The summed E-state index contributed by atoms with van der Waals surface area (Å²) in [7, 11) is 3.58. The summed E-state index contributed by atoms with van der Waals surface area (Å²) in [6, 6.07) is 7.74. The smallest absolute Gasteiger partial charge is 0.276 e. The van der Waals surface area contributed by atoms with Crippen molar-refractivity contribution in [2.45, 2.75) is 66.6 Å². The number of carbonyl (C=O) groups is 4. The molecule has 0 spiro atoms. The van der Waals surface area contributed by atoms with Crippen molar-refractivity contribution in [3.63, 3.8) is 0 Å². The standard InChI is InChI=1S/C48H64N16O6/c1-7-54-36(23-29(3)49)44(67)57-47-56-35-26-33(43(51)66)28-39(70-22-12-11-16-61(46(52)53)21-15-31-13-19-60(5)20-14-31)41(35)63(47)18-10-9-17-62-40-34(25-32(42(50)65)27-38(40)69-6)55-48(62)58-45(68)37-24-30(4)59-64(37)8-2/h9-12,23-28,31H,7-8,13-22,49H2,1-6H3,(H2,50,65)(H2,51,66)(H3,52,53)(H,55,58,68)(H,56,57,67)/b10-9+,12-11+,29-23-,54-36?. The molecule has 0 radical (unpaired) electrons. The maximum absolute atomic E-state index is 13.8. The largest absolute Gasteiger partial charge is 0.494 e. The van der Waals surface area contributed by atoms with Crippen molar-refractivity contribution in [2.24, 2.45) is 33.8 Å². The molecule has 22 nitrogen and oxygen atoms in total. The molecule has 1 saturated heterocycles. The van der Waals surface area contributed by atoms with Gasteiger partial charge in [-0.3, -0.25) is 44.9 Å². The maximum atomic E-state index is 13.8. The lowest BCUT2D eigenvalue weighted by molar-refractivity contribution is -0.110. The molecule has 0 aliphatic carbocycles. The first kappa shape index (κ1) is 51.4. The number of ether oxygens (including phenoxy) is 2. The Morgan fingerprint density at radius 2 is 1.47 bits per heavy atom. The summed E-state index contributed by atoms with van der Waals surface area (Å²) in [5.74, 6) is -1.06. The van der Waals surface area contributed by atoms with Crippen molar-refractivity contribution in [1.82, 2.24) is 38.7 Å². The van der Waals surface area contributed by atoms with Crippen LogP contribution in [0.1, 0.15) is 76.9 Å². The van der Waals surface area contributed by atoms with Crippen LogP contribution in [-0.4, -0.2) is 127 Å². The van der Waals surface area contributed by atoms with Crippen LogP contribution in [0.5, 0.6) is 11.5 Å². The molecule has 4 heterocycles. The number of aromatic nitrogens is 6. The zero-order chi connectivity index (χ0) is 50.6. The van der Waals surface area contributed by atoms with E-state index in [0.29, 0.717) is 77.0 Å². The molecule has 70 heavy (non-hydrogen) atoms. The van der Waals surface area contributed by atoms with Gasteiger partial charge in [-0.15, -0.1) is 0 Å². The molecule has 0 saturated carbocycles. The maximum Gasteiger partial charge on any atom is 0.276 e. The third kappa shape index (κ3) is 12.5. The van der Waals surface area contributed by atoms with Gasteiger partial charge in [-0.1, -0.05) is 18.2 Å². The fourth-order valence-corrected chi connectivity index (χ4v) is 8.19. The Balaban J connectivity index is 1.34. The van der Waals surface area contributed by atoms with Crippen LogP contribution in [0.3, 0.4) is 0 Å². The number of rotatable bonds is 22. The topological polar surface area (TPSA) is 311 Å². The molecule has 3 aromatic heterocycles. The highest BCUT2D eigenvalue weighted by molar-refractivity contribution is 6.47. The first-order chi connectivity index (χ1) is 33.5. The predicted octanol–water partition coefficient (Wildman–Crippen LogP) is 3.75. The van der Waals surface area contributed by atoms with E-state index in [4.69, 9.17) is 47.8 Å². The highest BCUT2D eigenvalue weighted by Crippen LogP contribution is 2.33. The highest BCUT2D eigenvalue weighted by Gasteiger charge is 2.24. The molecule has 5 aromatic rings. The van der Waals surface area contributed by atoms with Crippen LogP contribution in [0.4, 0.5) is 11.9 Å². The Hall–Kier alpha value is -8.01. The number of methoxy groups -OCH3 is 1. The minimum Gasteiger partial charge on any atom is -0.494 e. The van der Waals surface area contributed by atoms with E-state index >= 15 is 0 Å². The number of imidazole rings is 2. The molecule has 11 N–H and O–H groups in total. The summed E-state index contributed by atoms with van der Waals surface area (Å²) in [6.45, 7) is 11.3. The minimum atomic E-state index is -0.715. The number of benzene rings is 2. The Kier molecular flexibility index (Phi) is 17.1. The SMILES string of the molecule is CCN=C(/C=C(/C)N)C(=O)Nc1nc2cc(C(N)=O)cc(OC/C=C/CN(CCC3CCN(C)CC3)C(=N)N)c2n1C/C=C/Cn1c(NC(=O)c2cc(C)nn2CC)nc2cc(C(N)=O)cc(OC)c21. The van der Waals surface area contributed by atoms with E-state index in [1.807, 2.05) is 30.1 Å². The van der Waals surface area contributed by atoms with Gasteiger partial charge in [0, 0.05) is 56.1 Å². The number of hydrogen-bond donors (Lipinski definition) is 7. The number of nitrogens with zero attached hydrogens (tertiary/aromatic N) is 9. The summed E-state index contributed by atoms with van der Waals surface area (Å²) in [4.78, 5) is 70.4. The summed E-state index contributed by atoms with van der Waals surface area (Å²) >= 11 is 0. The molecule has 4 amide bonds. The molecule has 0 bridgehead atoms. The third-order valence-electron chi connectivity index (χ3n) is 11.8.